The highest BCUT2D eigenvalue weighted by atomic mass is 15.2. The summed E-state index contributed by atoms with van der Waals surface area (Å²) in [6, 6.07) is 42.2. The number of allylic oxidation sites excluding steroid dienone is 4. The molecule has 2 nitrogen and oxygen atoms in total. The summed E-state index contributed by atoms with van der Waals surface area (Å²) in [4.78, 5) is 5.33. The van der Waals surface area contributed by atoms with Crippen LogP contribution in [0.4, 0.5) is 11.4 Å². The van der Waals surface area contributed by atoms with Gasteiger partial charge in [0.05, 0.1) is 6.04 Å². The second-order valence-corrected chi connectivity index (χ2v) is 17.0. The lowest BCUT2D eigenvalue weighted by molar-refractivity contribution is 0.273. The number of nitrogens with zero attached hydrogens (tertiary/aromatic N) is 2. The lowest BCUT2D eigenvalue weighted by atomic mass is 9.82. The number of hydrogen-bond donors (Lipinski definition) is 0. The van der Waals surface area contributed by atoms with E-state index >= 15 is 0 Å². The second kappa shape index (κ2) is 13.2. The SMILES string of the molecule is CC(C)(C)c1ccc(-c2c3c(c(-c4ccc5ccccc5c4)c4cc(N5CCCc6ccccc65)ccc24)=CCC(N2CCCC4=C2CCC=C4)C=3)cc1. The molecule has 0 aromatic heterocycles. The van der Waals surface area contributed by atoms with Crippen molar-refractivity contribution in [2.45, 2.75) is 77.2 Å². The zero-order valence-corrected chi connectivity index (χ0v) is 32.0. The first-order valence-electron chi connectivity index (χ1n) is 20.3. The topological polar surface area (TPSA) is 6.48 Å². The maximum Gasteiger partial charge on any atom is 0.0514 e. The summed E-state index contributed by atoms with van der Waals surface area (Å²) in [5.41, 5.74) is 14.0. The van der Waals surface area contributed by atoms with E-state index in [-0.39, 0.29) is 5.41 Å². The fraction of sp³-hybridized carbons (Fsp3) is 0.269. The average Bonchev–Trinajstić information content (AvgIpc) is 3.21. The number of aryl methyl sites for hydroxylation is 1. The third-order valence-corrected chi connectivity index (χ3v) is 12.6. The van der Waals surface area contributed by atoms with Gasteiger partial charge >= 0.3 is 0 Å². The molecule has 0 saturated carbocycles. The molecule has 6 aromatic carbocycles. The Morgan fingerprint density at radius 3 is 2.30 bits per heavy atom. The predicted molar refractivity (Wildman–Crippen MR) is 231 cm³/mol. The molecule has 54 heavy (non-hydrogen) atoms. The summed E-state index contributed by atoms with van der Waals surface area (Å²) in [6.07, 6.45) is 18.1. The molecule has 0 fully saturated rings. The molecule has 0 saturated heterocycles. The van der Waals surface area contributed by atoms with Crippen molar-refractivity contribution in [1.82, 2.24) is 4.90 Å². The molecule has 0 amide bonds. The molecule has 0 spiro atoms. The first-order valence-corrected chi connectivity index (χ1v) is 20.3. The van der Waals surface area contributed by atoms with Gasteiger partial charge in [-0.1, -0.05) is 130 Å². The first kappa shape index (κ1) is 33.2. The summed E-state index contributed by atoms with van der Waals surface area (Å²) in [6.45, 7) is 9.11. The maximum absolute atomic E-state index is 2.77. The van der Waals surface area contributed by atoms with Crippen LogP contribution in [0.25, 0.3) is 56.0 Å². The Balaban J connectivity index is 1.27. The van der Waals surface area contributed by atoms with Crippen LogP contribution in [0.5, 0.6) is 0 Å². The molecular formula is C52H50N2. The van der Waals surface area contributed by atoms with Crippen LogP contribution >= 0.6 is 0 Å². The molecule has 0 N–H and O–H groups in total. The van der Waals surface area contributed by atoms with E-state index in [0.29, 0.717) is 6.04 Å². The van der Waals surface area contributed by atoms with Crippen molar-refractivity contribution in [3.8, 4) is 22.3 Å². The van der Waals surface area contributed by atoms with E-state index in [9.17, 15) is 0 Å². The zero-order chi connectivity index (χ0) is 36.4. The Kier molecular flexibility index (Phi) is 8.13. The van der Waals surface area contributed by atoms with E-state index < -0.39 is 0 Å². The van der Waals surface area contributed by atoms with Crippen molar-refractivity contribution in [1.29, 1.82) is 0 Å². The number of anilines is 2. The third kappa shape index (κ3) is 5.70. The van der Waals surface area contributed by atoms with E-state index in [1.807, 2.05) is 0 Å². The van der Waals surface area contributed by atoms with Crippen LogP contribution in [-0.4, -0.2) is 24.0 Å². The number of rotatable bonds is 4. The summed E-state index contributed by atoms with van der Waals surface area (Å²) in [5, 5.41) is 8.01. The highest BCUT2D eigenvalue weighted by Gasteiger charge is 2.28. The minimum Gasteiger partial charge on any atom is -0.368 e. The van der Waals surface area contributed by atoms with E-state index in [1.165, 1.54) is 89.6 Å². The molecule has 6 aromatic rings. The largest absolute Gasteiger partial charge is 0.368 e. The highest BCUT2D eigenvalue weighted by molar-refractivity contribution is 6.08. The van der Waals surface area contributed by atoms with Gasteiger partial charge in [-0.2, -0.15) is 0 Å². The molecule has 268 valence electrons. The normalized spacial score (nSPS) is 18.2. The fourth-order valence-corrected chi connectivity index (χ4v) is 9.89. The van der Waals surface area contributed by atoms with Crippen LogP contribution in [0.3, 0.4) is 0 Å². The van der Waals surface area contributed by atoms with Gasteiger partial charge in [-0.25, -0.2) is 0 Å². The second-order valence-electron chi connectivity index (χ2n) is 17.0. The third-order valence-electron chi connectivity index (χ3n) is 12.6. The molecule has 2 aliphatic carbocycles. The standard InChI is InChI=1S/C52H50N2/c1-52(2,3)41-24-22-38(23-25-41)50-44-28-26-43(54-31-11-17-37-14-7-9-19-49(37)54)34-47(44)51(40-21-20-35-12-4-5-15-39(35)32-40)45-29-27-42(33-46(45)50)53-30-10-16-36-13-6-8-18-48(36)53/h4-7,9,12-15,19-26,28-29,32-34,42H,8,10-11,16-18,27,30-31H2,1-3H3. The van der Waals surface area contributed by atoms with Gasteiger partial charge in [-0.3, -0.25) is 0 Å². The smallest absolute Gasteiger partial charge is 0.0514 e. The minimum absolute atomic E-state index is 0.0960. The van der Waals surface area contributed by atoms with E-state index in [1.54, 1.807) is 11.3 Å². The van der Waals surface area contributed by atoms with Gasteiger partial charge in [0.15, 0.2) is 0 Å². The number of benzene rings is 6. The van der Waals surface area contributed by atoms with Crippen LogP contribution < -0.4 is 15.3 Å². The fourth-order valence-electron chi connectivity index (χ4n) is 9.89. The molecule has 4 aliphatic rings. The molecule has 0 bridgehead atoms. The lowest BCUT2D eigenvalue weighted by Crippen LogP contribution is -2.43. The minimum atomic E-state index is 0.0960. The molecule has 2 aliphatic heterocycles. The Labute approximate surface area is 320 Å². The molecule has 2 heteroatoms. The Morgan fingerprint density at radius 1 is 0.648 bits per heavy atom. The molecule has 1 unspecified atom stereocenters. The van der Waals surface area contributed by atoms with Crippen LogP contribution in [-0.2, 0) is 11.8 Å². The van der Waals surface area contributed by atoms with Gasteiger partial charge in [0.2, 0.25) is 0 Å². The monoisotopic (exact) mass is 702 g/mol. The first-order chi connectivity index (χ1) is 26.4. The number of fused-ring (bicyclic) bond motifs is 4. The summed E-state index contributed by atoms with van der Waals surface area (Å²) >= 11 is 0. The van der Waals surface area contributed by atoms with Gasteiger partial charge in [0, 0.05) is 30.2 Å². The van der Waals surface area contributed by atoms with E-state index in [2.05, 4.69) is 164 Å². The van der Waals surface area contributed by atoms with Crippen molar-refractivity contribution >= 4 is 45.1 Å². The summed E-state index contributed by atoms with van der Waals surface area (Å²) in [7, 11) is 0. The van der Waals surface area contributed by atoms with Gasteiger partial charge < -0.3 is 9.80 Å². The molecule has 0 radical (unpaired) electrons. The van der Waals surface area contributed by atoms with Crippen LogP contribution in [0.15, 0.2) is 133 Å². The molecular weight excluding hydrogens is 653 g/mol. The Bertz CT molecular complexity index is 2630. The average molecular weight is 703 g/mol. The summed E-state index contributed by atoms with van der Waals surface area (Å²) in [5.74, 6) is 0. The van der Waals surface area contributed by atoms with Gasteiger partial charge in [-0.15, -0.1) is 0 Å². The number of para-hydroxylation sites is 1. The predicted octanol–water partition coefficient (Wildman–Crippen LogP) is 11.7. The van der Waals surface area contributed by atoms with Gasteiger partial charge in [0.1, 0.15) is 0 Å². The van der Waals surface area contributed by atoms with Crippen molar-refractivity contribution in [2.75, 3.05) is 18.0 Å². The lowest BCUT2D eigenvalue weighted by Gasteiger charge is -2.40. The zero-order valence-electron chi connectivity index (χ0n) is 32.0. The molecule has 10 rings (SSSR count). The Hall–Kier alpha value is -5.34. The van der Waals surface area contributed by atoms with Crippen molar-refractivity contribution in [3.05, 3.63) is 154 Å². The summed E-state index contributed by atoms with van der Waals surface area (Å²) < 4.78 is 0. The van der Waals surface area contributed by atoms with Gasteiger partial charge in [0.25, 0.3) is 0 Å². The molecule has 2 heterocycles. The van der Waals surface area contributed by atoms with E-state index in [4.69, 9.17) is 0 Å². The quantitative estimate of drug-likeness (QED) is 0.180. The van der Waals surface area contributed by atoms with Crippen molar-refractivity contribution in [3.63, 3.8) is 0 Å². The van der Waals surface area contributed by atoms with Gasteiger partial charge in [-0.05, 0) is 146 Å². The van der Waals surface area contributed by atoms with Crippen molar-refractivity contribution in [2.24, 2.45) is 0 Å². The Morgan fingerprint density at radius 2 is 1.43 bits per heavy atom. The van der Waals surface area contributed by atoms with Crippen LogP contribution in [0.1, 0.15) is 70.4 Å². The van der Waals surface area contributed by atoms with Crippen LogP contribution in [0, 0.1) is 0 Å². The van der Waals surface area contributed by atoms with Crippen molar-refractivity contribution < 1.29 is 0 Å². The number of hydrogen-bond acceptors (Lipinski definition) is 2. The maximum atomic E-state index is 2.77. The van der Waals surface area contributed by atoms with Crippen LogP contribution in [0.2, 0.25) is 0 Å². The molecule has 1 atom stereocenters. The van der Waals surface area contributed by atoms with E-state index in [0.717, 1.165) is 45.2 Å². The highest BCUT2D eigenvalue weighted by Crippen LogP contribution is 2.40.